The molecule has 0 saturated carbocycles. The Labute approximate surface area is 194 Å². The van der Waals surface area contributed by atoms with Gasteiger partial charge in [0.15, 0.2) is 6.10 Å². The fraction of sp³-hybridized carbons (Fsp3) is 0.440. The summed E-state index contributed by atoms with van der Waals surface area (Å²) in [5.41, 5.74) is 5.15. The number of methoxy groups -OCH3 is 1. The van der Waals surface area contributed by atoms with Gasteiger partial charge in [0.05, 0.1) is 12.2 Å². The van der Waals surface area contributed by atoms with Crippen LogP contribution in [0, 0.1) is 20.8 Å². The van der Waals surface area contributed by atoms with E-state index in [9.17, 15) is 9.90 Å². The number of pyridine rings is 1. The zero-order valence-corrected chi connectivity index (χ0v) is 20.5. The summed E-state index contributed by atoms with van der Waals surface area (Å²) in [7, 11) is 1.67. The monoisotopic (exact) mass is 458 g/mol. The van der Waals surface area contributed by atoms with Crippen LogP contribution in [0.25, 0.3) is 22.2 Å². The SMILES string of the molecule is COCCn1c(C)c(C)c2c(-c3ccc(Cl)cc3)c(C(OC(C)(C)C)C(=O)O)c(C)nc21. The van der Waals surface area contributed by atoms with E-state index in [0.29, 0.717) is 29.4 Å². The Hall–Kier alpha value is -2.41. The van der Waals surface area contributed by atoms with Crippen molar-refractivity contribution >= 4 is 28.6 Å². The summed E-state index contributed by atoms with van der Waals surface area (Å²) in [5.74, 6) is -1.05. The summed E-state index contributed by atoms with van der Waals surface area (Å²) in [6.07, 6.45) is -1.17. The van der Waals surface area contributed by atoms with Gasteiger partial charge < -0.3 is 19.1 Å². The average Bonchev–Trinajstić information content (AvgIpc) is 2.93. The van der Waals surface area contributed by atoms with Crippen molar-refractivity contribution in [3.63, 3.8) is 0 Å². The Morgan fingerprint density at radius 1 is 1.19 bits per heavy atom. The molecule has 0 aliphatic rings. The highest BCUT2D eigenvalue weighted by Crippen LogP contribution is 2.42. The zero-order valence-electron chi connectivity index (χ0n) is 19.7. The van der Waals surface area contributed by atoms with E-state index in [-0.39, 0.29) is 0 Å². The molecule has 3 aromatic rings. The smallest absolute Gasteiger partial charge is 0.337 e. The van der Waals surface area contributed by atoms with Crippen LogP contribution in [0.5, 0.6) is 0 Å². The largest absolute Gasteiger partial charge is 0.479 e. The lowest BCUT2D eigenvalue weighted by atomic mass is 9.91. The van der Waals surface area contributed by atoms with Gasteiger partial charge in [0.2, 0.25) is 0 Å². The van der Waals surface area contributed by atoms with Gasteiger partial charge in [-0.3, -0.25) is 0 Å². The molecule has 2 aromatic heterocycles. The minimum atomic E-state index is -1.17. The Balaban J connectivity index is 2.45. The van der Waals surface area contributed by atoms with Crippen LogP contribution < -0.4 is 0 Å². The molecule has 0 amide bonds. The third-order valence-electron chi connectivity index (χ3n) is 5.59. The summed E-state index contributed by atoms with van der Waals surface area (Å²) in [4.78, 5) is 17.3. The number of nitrogens with zero attached hydrogens (tertiary/aromatic N) is 2. The lowest BCUT2D eigenvalue weighted by molar-refractivity contribution is -0.160. The lowest BCUT2D eigenvalue weighted by Gasteiger charge is -2.28. The fourth-order valence-corrected chi connectivity index (χ4v) is 4.20. The van der Waals surface area contributed by atoms with Gasteiger partial charge in [-0.1, -0.05) is 23.7 Å². The van der Waals surface area contributed by atoms with Gasteiger partial charge in [-0.15, -0.1) is 0 Å². The van der Waals surface area contributed by atoms with Crippen molar-refractivity contribution in [1.29, 1.82) is 0 Å². The molecule has 0 saturated heterocycles. The van der Waals surface area contributed by atoms with Crippen molar-refractivity contribution in [3.8, 4) is 11.1 Å². The molecule has 1 atom stereocenters. The molecule has 1 unspecified atom stereocenters. The zero-order chi connectivity index (χ0) is 23.8. The maximum Gasteiger partial charge on any atom is 0.337 e. The number of benzene rings is 1. The summed E-state index contributed by atoms with van der Waals surface area (Å²) in [6, 6.07) is 7.45. The van der Waals surface area contributed by atoms with Crippen molar-refractivity contribution < 1.29 is 19.4 Å². The highest BCUT2D eigenvalue weighted by Gasteiger charge is 2.33. The van der Waals surface area contributed by atoms with Crippen LogP contribution in [0.3, 0.4) is 0 Å². The summed E-state index contributed by atoms with van der Waals surface area (Å²) in [5, 5.41) is 11.7. The number of halogens is 1. The minimum absolute atomic E-state index is 0.549. The summed E-state index contributed by atoms with van der Waals surface area (Å²) in [6.45, 7) is 12.7. The third kappa shape index (κ3) is 4.68. The maximum atomic E-state index is 12.4. The number of carbonyl (C=O) groups is 1. The lowest BCUT2D eigenvalue weighted by Crippen LogP contribution is -2.28. The van der Waals surface area contributed by atoms with E-state index in [2.05, 4.69) is 4.57 Å². The number of aryl methyl sites for hydroxylation is 2. The van der Waals surface area contributed by atoms with Crippen molar-refractivity contribution in [2.24, 2.45) is 0 Å². The topological polar surface area (TPSA) is 73.6 Å². The van der Waals surface area contributed by atoms with E-state index in [1.807, 2.05) is 65.8 Å². The molecule has 3 rings (SSSR count). The van der Waals surface area contributed by atoms with Crippen LogP contribution in [0.2, 0.25) is 5.02 Å². The molecule has 2 heterocycles. The number of hydrogen-bond donors (Lipinski definition) is 1. The highest BCUT2D eigenvalue weighted by atomic mass is 35.5. The second kappa shape index (κ2) is 9.22. The second-order valence-electron chi connectivity index (χ2n) is 8.99. The normalized spacial score (nSPS) is 13.0. The Kier molecular flexibility index (Phi) is 6.98. The molecule has 32 heavy (non-hydrogen) atoms. The predicted octanol–water partition coefficient (Wildman–Crippen LogP) is 5.87. The second-order valence-corrected chi connectivity index (χ2v) is 9.43. The number of carboxylic acid groups (broad SMARTS) is 1. The Bertz CT molecular complexity index is 1140. The first-order valence-corrected chi connectivity index (χ1v) is 11.0. The molecule has 7 heteroatoms. The van der Waals surface area contributed by atoms with Crippen LogP contribution in [0.4, 0.5) is 0 Å². The van der Waals surface area contributed by atoms with Crippen LogP contribution in [0.1, 0.15) is 49.4 Å². The van der Waals surface area contributed by atoms with Gasteiger partial charge in [0, 0.05) is 46.6 Å². The Morgan fingerprint density at radius 3 is 2.34 bits per heavy atom. The molecule has 0 fully saturated rings. The number of aliphatic carboxylic acids is 1. The molecule has 6 nitrogen and oxygen atoms in total. The molecule has 0 aliphatic carbocycles. The molecule has 1 N–H and O–H groups in total. The minimum Gasteiger partial charge on any atom is -0.479 e. The molecular weight excluding hydrogens is 428 g/mol. The van der Waals surface area contributed by atoms with Gasteiger partial charge in [-0.05, 0) is 64.8 Å². The average molecular weight is 459 g/mol. The van der Waals surface area contributed by atoms with E-state index in [1.165, 1.54) is 0 Å². The molecule has 172 valence electrons. The number of ether oxygens (including phenoxy) is 2. The van der Waals surface area contributed by atoms with Gasteiger partial charge in [-0.25, -0.2) is 9.78 Å². The molecule has 0 radical (unpaired) electrons. The van der Waals surface area contributed by atoms with Gasteiger partial charge >= 0.3 is 5.97 Å². The maximum absolute atomic E-state index is 12.4. The van der Waals surface area contributed by atoms with Crippen molar-refractivity contribution in [2.45, 2.75) is 59.8 Å². The standard InChI is InChI=1S/C25H31ClN2O4/c1-14-16(3)28(12-13-31-7)23-19(14)21(17-8-10-18(26)11-9-17)20(15(2)27-23)22(24(29)30)32-25(4,5)6/h8-11,22H,12-13H2,1-7H3,(H,29,30). The van der Waals surface area contributed by atoms with Crippen LogP contribution in [-0.4, -0.2) is 39.9 Å². The van der Waals surface area contributed by atoms with E-state index in [1.54, 1.807) is 7.11 Å². The number of carboxylic acids is 1. The first-order valence-electron chi connectivity index (χ1n) is 10.6. The summed E-state index contributed by atoms with van der Waals surface area (Å²) >= 11 is 6.16. The third-order valence-corrected chi connectivity index (χ3v) is 5.85. The quantitative estimate of drug-likeness (QED) is 0.479. The molecule has 0 bridgehead atoms. The van der Waals surface area contributed by atoms with Crippen LogP contribution in [-0.2, 0) is 20.8 Å². The predicted molar refractivity (Wildman–Crippen MR) is 127 cm³/mol. The molecule has 0 spiro atoms. The van der Waals surface area contributed by atoms with Crippen molar-refractivity contribution in [3.05, 3.63) is 51.8 Å². The van der Waals surface area contributed by atoms with Crippen molar-refractivity contribution in [2.75, 3.05) is 13.7 Å². The Morgan fingerprint density at radius 2 is 1.81 bits per heavy atom. The number of rotatable bonds is 7. The number of fused-ring (bicyclic) bond motifs is 1. The van der Waals surface area contributed by atoms with Gasteiger partial charge in [-0.2, -0.15) is 0 Å². The first kappa shape index (κ1) is 24.2. The van der Waals surface area contributed by atoms with E-state index < -0.39 is 17.7 Å². The molecule has 0 aliphatic heterocycles. The molecule has 1 aromatic carbocycles. The molecular formula is C25H31ClN2O4. The van der Waals surface area contributed by atoms with Crippen LogP contribution in [0.15, 0.2) is 24.3 Å². The van der Waals surface area contributed by atoms with E-state index in [4.69, 9.17) is 26.1 Å². The van der Waals surface area contributed by atoms with Crippen LogP contribution >= 0.6 is 11.6 Å². The number of aromatic nitrogens is 2. The van der Waals surface area contributed by atoms with E-state index in [0.717, 1.165) is 33.4 Å². The first-order chi connectivity index (χ1) is 15.0. The highest BCUT2D eigenvalue weighted by molar-refractivity contribution is 6.30. The van der Waals surface area contributed by atoms with Crippen molar-refractivity contribution in [1.82, 2.24) is 9.55 Å². The van der Waals surface area contributed by atoms with E-state index >= 15 is 0 Å². The van der Waals surface area contributed by atoms with Gasteiger partial charge in [0.1, 0.15) is 5.65 Å². The van der Waals surface area contributed by atoms with Gasteiger partial charge in [0.25, 0.3) is 0 Å². The summed E-state index contributed by atoms with van der Waals surface area (Å²) < 4.78 is 13.5. The number of hydrogen-bond acceptors (Lipinski definition) is 4. The fourth-order valence-electron chi connectivity index (χ4n) is 4.07.